The summed E-state index contributed by atoms with van der Waals surface area (Å²) in [5.74, 6) is -0.698. The van der Waals surface area contributed by atoms with E-state index in [0.29, 0.717) is 50.6 Å². The number of likely N-dealkylation sites (tertiary alicyclic amines) is 1. The summed E-state index contributed by atoms with van der Waals surface area (Å²) < 4.78 is 15.6. The van der Waals surface area contributed by atoms with E-state index in [1.165, 1.54) is 40.5 Å². The molecule has 1 fully saturated rings. The molecule has 1 unspecified atom stereocenters. The molecule has 0 radical (unpaired) electrons. The SMILES string of the molecule is Cc1cc(C(=O)c2c(N[C@H]3CCN(C(=O)O)C3C(C)(C)C)sc3c2ccc(=O)n3-c2ccccc2)ccc1F. The second kappa shape index (κ2) is 9.96. The van der Waals surface area contributed by atoms with Crippen molar-refractivity contribution in [2.24, 2.45) is 5.41 Å². The Hall–Kier alpha value is -3.98. The van der Waals surface area contributed by atoms with Crippen molar-refractivity contribution in [3.05, 3.63) is 93.5 Å². The van der Waals surface area contributed by atoms with Crippen molar-refractivity contribution in [3.63, 3.8) is 0 Å². The van der Waals surface area contributed by atoms with E-state index >= 15 is 0 Å². The molecule has 7 nitrogen and oxygen atoms in total. The van der Waals surface area contributed by atoms with Crippen LogP contribution in [0, 0.1) is 18.2 Å². The topological polar surface area (TPSA) is 91.6 Å². The summed E-state index contributed by atoms with van der Waals surface area (Å²) in [7, 11) is 0. The van der Waals surface area contributed by atoms with Gasteiger partial charge in [-0.05, 0) is 60.7 Å². The molecule has 2 atom stereocenters. The van der Waals surface area contributed by atoms with Crippen LogP contribution < -0.4 is 10.9 Å². The molecule has 202 valence electrons. The van der Waals surface area contributed by atoms with E-state index in [-0.39, 0.29) is 28.8 Å². The van der Waals surface area contributed by atoms with Crippen LogP contribution in [0.25, 0.3) is 15.9 Å². The van der Waals surface area contributed by atoms with E-state index in [9.17, 15) is 23.9 Å². The number of pyridine rings is 1. The molecule has 0 aliphatic carbocycles. The van der Waals surface area contributed by atoms with Crippen molar-refractivity contribution < 1.29 is 19.1 Å². The first kappa shape index (κ1) is 26.6. The Morgan fingerprint density at radius 1 is 1.08 bits per heavy atom. The second-order valence-electron chi connectivity index (χ2n) is 11.0. The molecule has 0 bridgehead atoms. The van der Waals surface area contributed by atoms with E-state index in [1.54, 1.807) is 17.6 Å². The van der Waals surface area contributed by atoms with Crippen molar-refractivity contribution in [1.29, 1.82) is 0 Å². The number of carbonyl (C=O) groups excluding carboxylic acids is 1. The average Bonchev–Trinajstić information content (AvgIpc) is 3.47. The number of benzene rings is 2. The first-order valence-electron chi connectivity index (χ1n) is 12.8. The minimum atomic E-state index is -0.980. The summed E-state index contributed by atoms with van der Waals surface area (Å²) in [5, 5.41) is 14.5. The van der Waals surface area contributed by atoms with Crippen LogP contribution in [-0.4, -0.2) is 45.1 Å². The van der Waals surface area contributed by atoms with Gasteiger partial charge in [0.15, 0.2) is 5.78 Å². The van der Waals surface area contributed by atoms with E-state index in [0.717, 1.165) is 0 Å². The van der Waals surface area contributed by atoms with Crippen molar-refractivity contribution in [3.8, 4) is 5.69 Å². The summed E-state index contributed by atoms with van der Waals surface area (Å²) in [6.45, 7) is 7.98. The maximum Gasteiger partial charge on any atom is 0.407 e. The fraction of sp³-hybridized carbons (Fsp3) is 0.300. The predicted molar refractivity (Wildman–Crippen MR) is 152 cm³/mol. The minimum absolute atomic E-state index is 0.233. The van der Waals surface area contributed by atoms with Gasteiger partial charge in [0.25, 0.3) is 5.56 Å². The largest absolute Gasteiger partial charge is 0.465 e. The summed E-state index contributed by atoms with van der Waals surface area (Å²) in [6, 6.07) is 16.0. The number of rotatable bonds is 5. The summed E-state index contributed by atoms with van der Waals surface area (Å²) in [6.07, 6.45) is -0.413. The molecular weight excluding hydrogens is 517 g/mol. The molecule has 0 spiro atoms. The normalized spacial score (nSPS) is 17.5. The number of aromatic nitrogens is 1. The smallest absolute Gasteiger partial charge is 0.407 e. The highest BCUT2D eigenvalue weighted by atomic mass is 32.1. The molecule has 1 aliphatic rings. The Labute approximate surface area is 229 Å². The van der Waals surface area contributed by atoms with Gasteiger partial charge in [0.1, 0.15) is 15.6 Å². The Morgan fingerprint density at radius 2 is 1.79 bits per heavy atom. The molecule has 39 heavy (non-hydrogen) atoms. The molecule has 3 heterocycles. The molecule has 5 rings (SSSR count). The van der Waals surface area contributed by atoms with Crippen LogP contribution in [0.2, 0.25) is 0 Å². The number of amides is 1. The summed E-state index contributed by atoms with van der Waals surface area (Å²) >= 11 is 1.29. The highest BCUT2D eigenvalue weighted by Gasteiger charge is 2.44. The number of fused-ring (bicyclic) bond motifs is 1. The van der Waals surface area contributed by atoms with E-state index < -0.39 is 11.9 Å². The standard InChI is InChI=1S/C30H30FN3O4S/c1-17-16-18(10-12-21(17)31)25(36)24-20-11-13-23(35)34(19-8-6-5-7-9-19)28(20)39-27(24)32-22-14-15-33(29(37)38)26(22)30(2,3)4/h5-13,16,22,26,32H,14-15H2,1-4H3,(H,37,38)/t22-,26?/m0/s1. The molecule has 0 saturated carbocycles. The Balaban J connectivity index is 1.71. The van der Waals surface area contributed by atoms with Crippen LogP contribution in [0.1, 0.15) is 48.7 Å². The third-order valence-electron chi connectivity index (χ3n) is 7.25. The molecule has 9 heteroatoms. The number of nitrogens with one attached hydrogen (secondary N) is 1. The lowest BCUT2D eigenvalue weighted by atomic mass is 9.82. The van der Waals surface area contributed by atoms with Crippen molar-refractivity contribution in [2.75, 3.05) is 11.9 Å². The van der Waals surface area contributed by atoms with Crippen LogP contribution in [-0.2, 0) is 0 Å². The minimum Gasteiger partial charge on any atom is -0.465 e. The van der Waals surface area contributed by atoms with Gasteiger partial charge in [-0.1, -0.05) is 50.3 Å². The fourth-order valence-corrected chi connectivity index (χ4v) is 6.83. The highest BCUT2D eigenvalue weighted by molar-refractivity contribution is 7.23. The zero-order valence-electron chi connectivity index (χ0n) is 22.2. The van der Waals surface area contributed by atoms with Gasteiger partial charge in [0.05, 0.1) is 17.3 Å². The predicted octanol–water partition coefficient (Wildman–Crippen LogP) is 6.31. The molecule has 1 aliphatic heterocycles. The van der Waals surface area contributed by atoms with Crippen LogP contribution in [0.3, 0.4) is 0 Å². The number of nitrogens with zero attached hydrogens (tertiary/aromatic N) is 2. The number of carboxylic acid groups (broad SMARTS) is 1. The molecule has 1 amide bonds. The van der Waals surface area contributed by atoms with Gasteiger partial charge in [0.2, 0.25) is 0 Å². The van der Waals surface area contributed by atoms with E-state index in [1.807, 2.05) is 51.1 Å². The van der Waals surface area contributed by atoms with E-state index in [2.05, 4.69) is 5.32 Å². The zero-order chi connectivity index (χ0) is 28.1. The summed E-state index contributed by atoms with van der Waals surface area (Å²) in [4.78, 5) is 41.2. The molecule has 4 aromatic rings. The number of halogens is 1. The lowest BCUT2D eigenvalue weighted by Crippen LogP contribution is -2.49. The number of ketones is 1. The molecule has 1 saturated heterocycles. The van der Waals surface area contributed by atoms with Crippen molar-refractivity contribution in [2.45, 2.75) is 46.2 Å². The van der Waals surface area contributed by atoms with Gasteiger partial charge in [0, 0.05) is 29.6 Å². The van der Waals surface area contributed by atoms with Crippen molar-refractivity contribution in [1.82, 2.24) is 9.47 Å². The average molecular weight is 548 g/mol. The lowest BCUT2D eigenvalue weighted by molar-refractivity contribution is 0.102. The van der Waals surface area contributed by atoms with E-state index in [4.69, 9.17) is 0 Å². The van der Waals surface area contributed by atoms with Crippen LogP contribution in [0.5, 0.6) is 0 Å². The lowest BCUT2D eigenvalue weighted by Gasteiger charge is -2.37. The van der Waals surface area contributed by atoms with Crippen molar-refractivity contribution >= 4 is 38.4 Å². The number of para-hydroxylation sites is 1. The number of hydrogen-bond acceptors (Lipinski definition) is 5. The zero-order valence-corrected chi connectivity index (χ0v) is 23.0. The van der Waals surface area contributed by atoms with Gasteiger partial charge in [-0.3, -0.25) is 14.2 Å². The Morgan fingerprint density at radius 3 is 2.44 bits per heavy atom. The molecule has 2 aromatic heterocycles. The second-order valence-corrected chi connectivity index (χ2v) is 12.0. The van der Waals surface area contributed by atoms with Gasteiger partial charge in [-0.15, -0.1) is 0 Å². The summed E-state index contributed by atoms with van der Waals surface area (Å²) in [5.41, 5.74) is 1.14. The fourth-order valence-electron chi connectivity index (χ4n) is 5.56. The third-order valence-corrected chi connectivity index (χ3v) is 8.37. The van der Waals surface area contributed by atoms with Gasteiger partial charge in [-0.25, -0.2) is 9.18 Å². The number of hydrogen-bond donors (Lipinski definition) is 2. The van der Waals surface area contributed by atoms with Crippen LogP contribution in [0.15, 0.2) is 65.5 Å². The first-order chi connectivity index (χ1) is 18.5. The van der Waals surface area contributed by atoms with Gasteiger partial charge in [-0.2, -0.15) is 0 Å². The number of carbonyl (C=O) groups is 2. The van der Waals surface area contributed by atoms with Crippen LogP contribution >= 0.6 is 11.3 Å². The van der Waals surface area contributed by atoms with Crippen LogP contribution in [0.4, 0.5) is 14.2 Å². The maximum absolute atomic E-state index is 14.0. The number of aryl methyl sites for hydroxylation is 1. The third kappa shape index (κ3) is 4.83. The Bertz CT molecular complexity index is 1640. The molecule has 2 N–H and O–H groups in total. The van der Waals surface area contributed by atoms with Gasteiger partial charge >= 0.3 is 6.09 Å². The molecule has 2 aromatic carbocycles. The molecular formula is C30H30FN3O4S. The Kier molecular flexibility index (Phi) is 6.80. The maximum atomic E-state index is 14.0. The number of thiophene rings is 1. The number of anilines is 1. The quantitative estimate of drug-likeness (QED) is 0.286. The first-order valence-corrected chi connectivity index (χ1v) is 13.6. The highest BCUT2D eigenvalue weighted by Crippen LogP contribution is 2.41. The monoisotopic (exact) mass is 547 g/mol. The van der Waals surface area contributed by atoms with Gasteiger partial charge < -0.3 is 15.3 Å².